The number of methoxy groups -OCH3 is 1. The number of aromatic amines is 1. The lowest BCUT2D eigenvalue weighted by atomic mass is 10.1. The molecule has 0 aliphatic heterocycles. The lowest BCUT2D eigenvalue weighted by Gasteiger charge is -2.03. The summed E-state index contributed by atoms with van der Waals surface area (Å²) in [4.78, 5) is 15.3. The molecule has 1 heterocycles. The Morgan fingerprint density at radius 2 is 2.05 bits per heavy atom. The monoisotopic (exact) mass is 290 g/mol. The van der Waals surface area contributed by atoms with E-state index in [9.17, 15) is 9.18 Å². The molecule has 0 aliphatic carbocycles. The van der Waals surface area contributed by atoms with E-state index in [1.165, 1.54) is 12.1 Å². The van der Waals surface area contributed by atoms with Crippen molar-refractivity contribution in [2.75, 3.05) is 20.3 Å². The summed E-state index contributed by atoms with van der Waals surface area (Å²) in [5.41, 5.74) is 3.04. The first-order valence-electron chi connectivity index (χ1n) is 6.84. The zero-order valence-electron chi connectivity index (χ0n) is 12.2. The van der Waals surface area contributed by atoms with Gasteiger partial charge in [0.05, 0.1) is 5.56 Å². The summed E-state index contributed by atoms with van der Waals surface area (Å²) >= 11 is 0. The van der Waals surface area contributed by atoms with Crippen molar-refractivity contribution in [1.29, 1.82) is 0 Å². The Labute approximate surface area is 123 Å². The largest absolute Gasteiger partial charge is 0.385 e. The van der Waals surface area contributed by atoms with Crippen LogP contribution >= 0.6 is 0 Å². The number of hydrogen-bond acceptors (Lipinski definition) is 2. The van der Waals surface area contributed by atoms with Gasteiger partial charge in [-0.3, -0.25) is 4.79 Å². The van der Waals surface area contributed by atoms with E-state index in [-0.39, 0.29) is 11.7 Å². The number of H-pyrrole nitrogens is 1. The highest BCUT2D eigenvalue weighted by Crippen LogP contribution is 2.22. The number of carbonyl (C=O) groups is 1. The van der Waals surface area contributed by atoms with Crippen molar-refractivity contribution in [3.05, 3.63) is 47.4 Å². The predicted molar refractivity (Wildman–Crippen MR) is 79.7 cm³/mol. The van der Waals surface area contributed by atoms with Crippen LogP contribution in [0.2, 0.25) is 0 Å². The van der Waals surface area contributed by atoms with E-state index in [0.29, 0.717) is 18.7 Å². The maximum absolute atomic E-state index is 12.9. The number of benzene rings is 1. The fraction of sp³-hybridized carbons (Fsp3) is 0.312. The van der Waals surface area contributed by atoms with Crippen LogP contribution in [0.15, 0.2) is 30.3 Å². The van der Waals surface area contributed by atoms with E-state index in [4.69, 9.17) is 4.74 Å². The molecule has 0 saturated heterocycles. The van der Waals surface area contributed by atoms with Gasteiger partial charge in [0, 0.05) is 31.6 Å². The van der Waals surface area contributed by atoms with Crippen LogP contribution in [0.25, 0.3) is 11.3 Å². The van der Waals surface area contributed by atoms with Gasteiger partial charge in [-0.2, -0.15) is 0 Å². The standard InChI is InChI=1S/C16H19FN2O2/c1-11-14(16(20)18-8-3-9-21-2)10-15(19-11)12-4-6-13(17)7-5-12/h4-7,10,19H,3,8-9H2,1-2H3,(H,18,20). The second-order valence-electron chi connectivity index (χ2n) is 4.83. The SMILES string of the molecule is COCCCNC(=O)c1cc(-c2ccc(F)cc2)[nH]c1C. The first kappa shape index (κ1) is 15.3. The fourth-order valence-electron chi connectivity index (χ4n) is 2.09. The first-order valence-corrected chi connectivity index (χ1v) is 6.84. The second-order valence-corrected chi connectivity index (χ2v) is 4.83. The van der Waals surface area contributed by atoms with E-state index >= 15 is 0 Å². The molecule has 4 nitrogen and oxygen atoms in total. The minimum atomic E-state index is -0.280. The van der Waals surface area contributed by atoms with Crippen molar-refractivity contribution in [1.82, 2.24) is 10.3 Å². The predicted octanol–water partition coefficient (Wildman–Crippen LogP) is 2.90. The Bertz CT molecular complexity index is 605. The topological polar surface area (TPSA) is 54.1 Å². The van der Waals surface area contributed by atoms with Crippen LogP contribution in [-0.4, -0.2) is 31.2 Å². The number of nitrogens with one attached hydrogen (secondary N) is 2. The summed E-state index contributed by atoms with van der Waals surface area (Å²) in [5.74, 6) is -0.397. The van der Waals surface area contributed by atoms with Gasteiger partial charge in [-0.1, -0.05) is 0 Å². The van der Waals surface area contributed by atoms with Crippen molar-refractivity contribution in [3.63, 3.8) is 0 Å². The van der Waals surface area contributed by atoms with E-state index < -0.39 is 0 Å². The molecule has 1 aromatic heterocycles. The van der Waals surface area contributed by atoms with Gasteiger partial charge in [-0.05, 0) is 49.2 Å². The van der Waals surface area contributed by atoms with Gasteiger partial charge < -0.3 is 15.0 Å². The van der Waals surface area contributed by atoms with Gasteiger partial charge >= 0.3 is 0 Å². The average molecular weight is 290 g/mol. The highest BCUT2D eigenvalue weighted by atomic mass is 19.1. The average Bonchev–Trinajstić information content (AvgIpc) is 2.86. The van der Waals surface area contributed by atoms with Crippen LogP contribution < -0.4 is 5.32 Å². The molecule has 0 radical (unpaired) electrons. The summed E-state index contributed by atoms with van der Waals surface area (Å²) in [6, 6.07) is 7.95. The number of ether oxygens (including phenoxy) is 1. The number of rotatable bonds is 6. The van der Waals surface area contributed by atoms with Gasteiger partial charge in [0.15, 0.2) is 0 Å². The van der Waals surface area contributed by atoms with Gasteiger partial charge in [0.25, 0.3) is 5.91 Å². The van der Waals surface area contributed by atoms with Crippen molar-refractivity contribution in [3.8, 4) is 11.3 Å². The third-order valence-electron chi connectivity index (χ3n) is 3.23. The number of amides is 1. The molecule has 0 aliphatic rings. The summed E-state index contributed by atoms with van der Waals surface area (Å²) in [6.07, 6.45) is 0.774. The summed E-state index contributed by atoms with van der Waals surface area (Å²) in [5, 5.41) is 2.85. The Kier molecular flexibility index (Phi) is 5.11. The van der Waals surface area contributed by atoms with Crippen LogP contribution in [0.5, 0.6) is 0 Å². The van der Waals surface area contributed by atoms with Crippen LogP contribution in [-0.2, 0) is 4.74 Å². The molecule has 2 aromatic rings. The molecule has 0 atom stereocenters. The van der Waals surface area contributed by atoms with Crippen LogP contribution in [0, 0.1) is 12.7 Å². The van der Waals surface area contributed by atoms with Crippen LogP contribution in [0.3, 0.4) is 0 Å². The highest BCUT2D eigenvalue weighted by Gasteiger charge is 2.13. The maximum Gasteiger partial charge on any atom is 0.253 e. The quantitative estimate of drug-likeness (QED) is 0.804. The molecule has 0 unspecified atom stereocenters. The molecular weight excluding hydrogens is 271 g/mol. The molecule has 0 spiro atoms. The van der Waals surface area contributed by atoms with Gasteiger partial charge in [-0.25, -0.2) is 4.39 Å². The Morgan fingerprint density at radius 1 is 1.33 bits per heavy atom. The minimum absolute atomic E-state index is 0.117. The summed E-state index contributed by atoms with van der Waals surface area (Å²) in [6.45, 7) is 3.04. The number of halogens is 1. The molecule has 21 heavy (non-hydrogen) atoms. The van der Waals surface area contributed by atoms with Crippen molar-refractivity contribution < 1.29 is 13.9 Å². The molecule has 2 rings (SSSR count). The van der Waals surface area contributed by atoms with Crippen molar-refractivity contribution in [2.45, 2.75) is 13.3 Å². The molecule has 0 bridgehead atoms. The number of hydrogen-bond donors (Lipinski definition) is 2. The molecular formula is C16H19FN2O2. The number of aromatic nitrogens is 1. The Hall–Kier alpha value is -2.14. The third-order valence-corrected chi connectivity index (χ3v) is 3.23. The van der Waals surface area contributed by atoms with Crippen molar-refractivity contribution in [2.24, 2.45) is 0 Å². The number of aryl methyl sites for hydroxylation is 1. The number of carbonyl (C=O) groups excluding carboxylic acids is 1. The fourth-order valence-corrected chi connectivity index (χ4v) is 2.09. The van der Waals surface area contributed by atoms with Crippen LogP contribution in [0.1, 0.15) is 22.5 Å². The highest BCUT2D eigenvalue weighted by molar-refractivity contribution is 5.96. The lowest BCUT2D eigenvalue weighted by molar-refractivity contribution is 0.0948. The van der Waals surface area contributed by atoms with Gasteiger partial charge in [0.2, 0.25) is 0 Å². The van der Waals surface area contributed by atoms with Gasteiger partial charge in [0.1, 0.15) is 5.82 Å². The zero-order chi connectivity index (χ0) is 15.2. The summed E-state index contributed by atoms with van der Waals surface area (Å²) < 4.78 is 17.9. The molecule has 0 saturated carbocycles. The Balaban J connectivity index is 2.08. The smallest absolute Gasteiger partial charge is 0.253 e. The molecule has 5 heteroatoms. The maximum atomic E-state index is 12.9. The van der Waals surface area contributed by atoms with E-state index in [1.54, 1.807) is 25.3 Å². The Morgan fingerprint density at radius 3 is 2.71 bits per heavy atom. The zero-order valence-corrected chi connectivity index (χ0v) is 12.2. The van der Waals surface area contributed by atoms with Gasteiger partial charge in [-0.15, -0.1) is 0 Å². The van der Waals surface area contributed by atoms with E-state index in [2.05, 4.69) is 10.3 Å². The van der Waals surface area contributed by atoms with E-state index in [1.807, 2.05) is 6.92 Å². The molecule has 1 aromatic carbocycles. The van der Waals surface area contributed by atoms with Crippen molar-refractivity contribution >= 4 is 5.91 Å². The van der Waals surface area contributed by atoms with Crippen LogP contribution in [0.4, 0.5) is 4.39 Å². The molecule has 0 fully saturated rings. The second kappa shape index (κ2) is 7.04. The first-order chi connectivity index (χ1) is 10.1. The molecule has 112 valence electrons. The molecule has 2 N–H and O–H groups in total. The lowest BCUT2D eigenvalue weighted by Crippen LogP contribution is -2.25. The van der Waals surface area contributed by atoms with E-state index in [0.717, 1.165) is 23.4 Å². The molecule has 1 amide bonds. The normalized spacial score (nSPS) is 10.6. The third kappa shape index (κ3) is 3.92. The minimum Gasteiger partial charge on any atom is -0.385 e. The summed E-state index contributed by atoms with van der Waals surface area (Å²) in [7, 11) is 1.63.